The van der Waals surface area contributed by atoms with E-state index in [4.69, 9.17) is 11.6 Å². The maximum Gasteiger partial charge on any atom is 0.270 e. The molecule has 0 atom stereocenters. The zero-order valence-electron chi connectivity index (χ0n) is 22.6. The van der Waals surface area contributed by atoms with Crippen molar-refractivity contribution in [2.75, 3.05) is 5.32 Å². The molecule has 0 aliphatic carbocycles. The second kappa shape index (κ2) is 11.1. The fourth-order valence-electron chi connectivity index (χ4n) is 4.43. The number of non-ortho nitro benzene ring substituents is 1. The molecule has 0 aliphatic rings. The van der Waals surface area contributed by atoms with Gasteiger partial charge in [0, 0.05) is 19.2 Å². The summed E-state index contributed by atoms with van der Waals surface area (Å²) in [4.78, 5) is 36.3. The van der Waals surface area contributed by atoms with Gasteiger partial charge in [0.2, 0.25) is 5.95 Å². The lowest BCUT2D eigenvalue weighted by Gasteiger charge is -2.11. The van der Waals surface area contributed by atoms with Gasteiger partial charge >= 0.3 is 0 Å². The average Bonchev–Trinajstić information content (AvgIpc) is 3.22. The molecular formula is C29H29ClN6O3. The molecule has 5 rings (SSSR count). The van der Waals surface area contributed by atoms with Crippen LogP contribution >= 0.6 is 11.6 Å². The number of aromatic nitrogens is 4. The van der Waals surface area contributed by atoms with Crippen LogP contribution in [0.4, 0.5) is 17.3 Å². The van der Waals surface area contributed by atoms with E-state index in [2.05, 4.69) is 20.3 Å². The Balaban J connectivity index is 0.00000172. The van der Waals surface area contributed by atoms with Crippen molar-refractivity contribution in [3.8, 4) is 0 Å². The smallest absolute Gasteiger partial charge is 0.270 e. The molecule has 3 aromatic carbocycles. The van der Waals surface area contributed by atoms with Crippen LogP contribution in [0.3, 0.4) is 0 Å². The lowest BCUT2D eigenvalue weighted by Crippen LogP contribution is -2.12. The molecule has 200 valence electrons. The van der Waals surface area contributed by atoms with Gasteiger partial charge in [0.25, 0.3) is 11.2 Å². The number of nitrogens with zero attached hydrogens (tertiary/aromatic N) is 4. The molecule has 2 N–H and O–H groups in total. The Morgan fingerprint density at radius 2 is 1.82 bits per heavy atom. The van der Waals surface area contributed by atoms with E-state index < -0.39 is 4.92 Å². The van der Waals surface area contributed by atoms with Gasteiger partial charge in [-0.15, -0.1) is 0 Å². The summed E-state index contributed by atoms with van der Waals surface area (Å²) >= 11 is 6.39. The second-order valence-corrected chi connectivity index (χ2v) is 9.39. The summed E-state index contributed by atoms with van der Waals surface area (Å²) in [5.74, 6) is 0.924. The van der Waals surface area contributed by atoms with Crippen LogP contribution in [-0.4, -0.2) is 24.4 Å². The number of nitro groups is 1. The van der Waals surface area contributed by atoms with Gasteiger partial charge in [0.1, 0.15) is 5.82 Å². The van der Waals surface area contributed by atoms with E-state index in [1.165, 1.54) is 12.1 Å². The molecule has 9 nitrogen and oxygen atoms in total. The van der Waals surface area contributed by atoms with E-state index in [0.717, 1.165) is 16.8 Å². The predicted octanol–water partition coefficient (Wildman–Crippen LogP) is 7.32. The van der Waals surface area contributed by atoms with Crippen LogP contribution < -0.4 is 10.9 Å². The lowest BCUT2D eigenvalue weighted by atomic mass is 10.1. The number of rotatable bonds is 5. The number of aryl methyl sites for hydroxylation is 3. The number of halogens is 1. The molecule has 10 heteroatoms. The average molecular weight is 545 g/mol. The number of nitrogens with one attached hydrogen (secondary N) is 2. The maximum absolute atomic E-state index is 13.3. The number of hydrogen-bond donors (Lipinski definition) is 2. The number of benzene rings is 3. The number of hydrogen-bond acceptors (Lipinski definition) is 6. The van der Waals surface area contributed by atoms with Crippen molar-refractivity contribution in [1.82, 2.24) is 19.5 Å². The quantitative estimate of drug-likeness (QED) is 0.177. The first kappa shape index (κ1) is 27.5. The third-order valence-corrected chi connectivity index (χ3v) is 6.53. The molecule has 39 heavy (non-hydrogen) atoms. The van der Waals surface area contributed by atoms with Gasteiger partial charge < -0.3 is 14.9 Å². The molecule has 0 spiro atoms. The molecule has 0 unspecified atom stereocenters. The van der Waals surface area contributed by atoms with Crippen LogP contribution in [0, 0.1) is 24.0 Å². The number of H-pyrrole nitrogens is 1. The number of aromatic amines is 1. The molecule has 0 saturated heterocycles. The van der Waals surface area contributed by atoms with Gasteiger partial charge in [-0.3, -0.25) is 14.9 Å². The van der Waals surface area contributed by atoms with E-state index in [0.29, 0.717) is 49.9 Å². The minimum atomic E-state index is -0.425. The van der Waals surface area contributed by atoms with Gasteiger partial charge in [-0.1, -0.05) is 43.6 Å². The summed E-state index contributed by atoms with van der Waals surface area (Å²) in [7, 11) is 1.83. The van der Waals surface area contributed by atoms with Crippen molar-refractivity contribution in [2.45, 2.75) is 34.6 Å². The van der Waals surface area contributed by atoms with Crippen molar-refractivity contribution in [3.63, 3.8) is 0 Å². The number of allylic oxidation sites excluding steroid dienone is 1. The van der Waals surface area contributed by atoms with E-state index in [9.17, 15) is 14.9 Å². The zero-order chi connectivity index (χ0) is 28.4. The van der Waals surface area contributed by atoms with Crippen LogP contribution in [0.2, 0.25) is 5.02 Å². The number of para-hydroxylation sites is 1. The van der Waals surface area contributed by atoms with Crippen LogP contribution in [0.1, 0.15) is 43.3 Å². The normalized spacial score (nSPS) is 11.4. The van der Waals surface area contributed by atoms with Gasteiger partial charge in [-0.05, 0) is 67.3 Å². The van der Waals surface area contributed by atoms with E-state index >= 15 is 0 Å². The Hall–Kier alpha value is -4.50. The van der Waals surface area contributed by atoms with E-state index in [1.54, 1.807) is 32.1 Å². The topological polar surface area (TPSA) is 119 Å². The molecule has 2 aromatic heterocycles. The first-order valence-electron chi connectivity index (χ1n) is 12.5. The third-order valence-electron chi connectivity index (χ3n) is 6.22. The fourth-order valence-corrected chi connectivity index (χ4v) is 4.70. The summed E-state index contributed by atoms with van der Waals surface area (Å²) in [5, 5.41) is 15.5. The largest absolute Gasteiger partial charge is 0.324 e. The monoisotopic (exact) mass is 544 g/mol. The summed E-state index contributed by atoms with van der Waals surface area (Å²) in [5.41, 5.74) is 5.29. The molecule has 2 heterocycles. The van der Waals surface area contributed by atoms with Crippen LogP contribution in [-0.2, 0) is 7.05 Å². The SMILES string of the molecule is C/C(=C\c1cc(C)cc([N+](=O)[O-])c1)c1nc2ccc3nc(Nc4c(C)cccc4Cl)n(C)c3c2c(=O)[nH]1.CC. The minimum absolute atomic E-state index is 0.00834. The third kappa shape index (κ3) is 5.39. The minimum Gasteiger partial charge on any atom is -0.324 e. The Morgan fingerprint density at radius 3 is 2.51 bits per heavy atom. The first-order valence-corrected chi connectivity index (χ1v) is 12.9. The number of imidazole rings is 1. The molecule has 0 amide bonds. The van der Waals surface area contributed by atoms with Crippen molar-refractivity contribution in [2.24, 2.45) is 7.05 Å². The Bertz CT molecular complexity index is 1800. The molecule has 5 aromatic rings. The molecule has 0 saturated carbocycles. The second-order valence-electron chi connectivity index (χ2n) is 8.98. The fraction of sp³-hybridized carbons (Fsp3) is 0.207. The predicted molar refractivity (Wildman–Crippen MR) is 159 cm³/mol. The van der Waals surface area contributed by atoms with Crippen molar-refractivity contribution >= 4 is 62.5 Å². The number of anilines is 2. The lowest BCUT2D eigenvalue weighted by molar-refractivity contribution is -0.384. The van der Waals surface area contributed by atoms with Gasteiger partial charge in [0.15, 0.2) is 0 Å². The Labute approximate surface area is 230 Å². The van der Waals surface area contributed by atoms with Crippen molar-refractivity contribution in [1.29, 1.82) is 0 Å². The van der Waals surface area contributed by atoms with Crippen molar-refractivity contribution in [3.05, 3.63) is 96.5 Å². The molecule has 0 bridgehead atoms. The highest BCUT2D eigenvalue weighted by molar-refractivity contribution is 6.33. The zero-order valence-corrected chi connectivity index (χ0v) is 23.3. The standard InChI is InChI=1S/C27H23ClN6O3.C2H6/c1-14-10-17(13-18(11-14)34(36)37)12-16(3)25-29-20-8-9-21-24(22(20)26(35)32-25)33(4)27(30-21)31-23-15(2)6-5-7-19(23)28;1-2/h5-13H,1-4H3,(H,30,31)(H,29,32,35);1-2H3/b16-12+;. The van der Waals surface area contributed by atoms with Crippen LogP contribution in [0.15, 0.2) is 53.3 Å². The maximum atomic E-state index is 13.3. The van der Waals surface area contributed by atoms with Crippen molar-refractivity contribution < 1.29 is 4.92 Å². The van der Waals surface area contributed by atoms with Gasteiger partial charge in [0.05, 0.1) is 37.6 Å². The summed E-state index contributed by atoms with van der Waals surface area (Å²) in [6.07, 6.45) is 1.76. The Kier molecular flexibility index (Phi) is 7.83. The summed E-state index contributed by atoms with van der Waals surface area (Å²) < 4.78 is 1.81. The molecule has 0 fully saturated rings. The first-order chi connectivity index (χ1) is 18.6. The molecular weight excluding hydrogens is 516 g/mol. The number of nitro benzene ring substituents is 1. The highest BCUT2D eigenvalue weighted by Crippen LogP contribution is 2.31. The molecule has 0 radical (unpaired) electrons. The Morgan fingerprint density at radius 1 is 1.10 bits per heavy atom. The summed E-state index contributed by atoms with van der Waals surface area (Å²) in [6.45, 7) is 9.55. The van der Waals surface area contributed by atoms with Gasteiger partial charge in [-0.2, -0.15) is 0 Å². The van der Waals surface area contributed by atoms with Gasteiger partial charge in [-0.25, -0.2) is 9.97 Å². The summed E-state index contributed by atoms with van der Waals surface area (Å²) in [6, 6.07) is 14.1. The van der Waals surface area contributed by atoms with Crippen LogP contribution in [0.5, 0.6) is 0 Å². The molecule has 0 aliphatic heterocycles. The number of fused-ring (bicyclic) bond motifs is 3. The van der Waals surface area contributed by atoms with Crippen LogP contribution in [0.25, 0.3) is 33.6 Å². The highest BCUT2D eigenvalue weighted by Gasteiger charge is 2.17. The highest BCUT2D eigenvalue weighted by atomic mass is 35.5. The van der Waals surface area contributed by atoms with E-state index in [-0.39, 0.29) is 11.2 Å². The van der Waals surface area contributed by atoms with E-state index in [1.807, 2.05) is 56.7 Å².